The van der Waals surface area contributed by atoms with E-state index in [4.69, 9.17) is 10.6 Å². The Hall–Kier alpha value is -0.890. The average molecular weight is 333 g/mol. The predicted octanol–water partition coefficient (Wildman–Crippen LogP) is 1.31. The number of amides is 1. The molecule has 0 radical (unpaired) electrons. The first-order chi connectivity index (χ1) is 7.65. The van der Waals surface area contributed by atoms with Crippen LogP contribution in [0.3, 0.4) is 0 Å². The molecule has 1 aromatic heterocycles. The number of carbonyl (C=O) groups is 1. The van der Waals surface area contributed by atoms with E-state index >= 15 is 0 Å². The summed E-state index contributed by atoms with van der Waals surface area (Å²) < 4.78 is 6.08. The van der Waals surface area contributed by atoms with E-state index < -0.39 is 0 Å². The highest BCUT2D eigenvalue weighted by atomic mass is 127. The molecule has 0 spiro atoms. The molecule has 6 heteroatoms. The molecular formula is C10H12IN3O2. The van der Waals surface area contributed by atoms with Gasteiger partial charge in [0.05, 0.1) is 10.7 Å². The number of pyridine rings is 1. The van der Waals surface area contributed by atoms with Crippen molar-refractivity contribution in [3.63, 3.8) is 0 Å². The maximum absolute atomic E-state index is 11.8. The van der Waals surface area contributed by atoms with Gasteiger partial charge < -0.3 is 4.74 Å². The first kappa shape index (κ1) is 11.6. The number of anilines is 1. The van der Waals surface area contributed by atoms with Gasteiger partial charge in [0.2, 0.25) is 5.91 Å². The van der Waals surface area contributed by atoms with Gasteiger partial charge in [-0.05, 0) is 41.5 Å². The summed E-state index contributed by atoms with van der Waals surface area (Å²) in [5.41, 5.74) is 0. The lowest BCUT2D eigenvalue weighted by Crippen LogP contribution is -2.39. The van der Waals surface area contributed by atoms with Crippen LogP contribution in [0.1, 0.15) is 12.8 Å². The topological polar surface area (TPSA) is 68.4 Å². The fourth-order valence-electron chi connectivity index (χ4n) is 1.41. The van der Waals surface area contributed by atoms with E-state index in [1.807, 2.05) is 0 Å². The molecule has 1 heterocycles. The molecule has 0 aliphatic heterocycles. The second kappa shape index (κ2) is 4.54. The summed E-state index contributed by atoms with van der Waals surface area (Å²) in [6.45, 7) is 0. The van der Waals surface area contributed by atoms with Gasteiger partial charge >= 0.3 is 0 Å². The van der Waals surface area contributed by atoms with E-state index in [1.165, 1.54) is 7.11 Å². The molecule has 2 rings (SSSR count). The Morgan fingerprint density at radius 1 is 1.69 bits per heavy atom. The number of carbonyl (C=O) groups excluding carboxylic acids is 1. The van der Waals surface area contributed by atoms with Crippen molar-refractivity contribution in [3.05, 3.63) is 15.8 Å². The van der Waals surface area contributed by atoms with Crippen LogP contribution in [0, 0.1) is 9.49 Å². The molecule has 0 atom stereocenters. The van der Waals surface area contributed by atoms with Crippen molar-refractivity contribution in [1.82, 2.24) is 4.98 Å². The molecule has 2 N–H and O–H groups in total. The van der Waals surface area contributed by atoms with Crippen molar-refractivity contribution < 1.29 is 9.53 Å². The Balaban J connectivity index is 2.31. The normalized spacial score (nSPS) is 14.7. The van der Waals surface area contributed by atoms with Crippen molar-refractivity contribution >= 4 is 34.3 Å². The number of nitrogens with two attached hydrogens (primary N) is 1. The number of hydrogen-bond acceptors (Lipinski definition) is 4. The highest BCUT2D eigenvalue weighted by Gasteiger charge is 2.34. The number of halogens is 1. The number of ether oxygens (including phenoxy) is 1. The zero-order valence-electron chi connectivity index (χ0n) is 8.81. The van der Waals surface area contributed by atoms with Gasteiger partial charge in [0, 0.05) is 12.1 Å². The van der Waals surface area contributed by atoms with Crippen LogP contribution in [0.15, 0.2) is 12.3 Å². The van der Waals surface area contributed by atoms with Gasteiger partial charge in [-0.2, -0.15) is 0 Å². The largest absolute Gasteiger partial charge is 0.492 e. The van der Waals surface area contributed by atoms with Crippen LogP contribution in [-0.4, -0.2) is 18.0 Å². The summed E-state index contributed by atoms with van der Waals surface area (Å²) in [7, 11) is 1.54. The number of hydrazine groups is 1. The molecule has 1 fully saturated rings. The van der Waals surface area contributed by atoms with Gasteiger partial charge in [0.1, 0.15) is 0 Å². The van der Waals surface area contributed by atoms with E-state index in [0.29, 0.717) is 11.6 Å². The second-order valence-corrected chi connectivity index (χ2v) is 4.79. The van der Waals surface area contributed by atoms with Crippen LogP contribution in [0.25, 0.3) is 0 Å². The monoisotopic (exact) mass is 333 g/mol. The molecule has 1 aromatic rings. The molecule has 0 unspecified atom stereocenters. The molecule has 16 heavy (non-hydrogen) atoms. The molecule has 86 valence electrons. The van der Waals surface area contributed by atoms with Gasteiger partial charge in [0.25, 0.3) is 0 Å². The van der Waals surface area contributed by atoms with Gasteiger partial charge in [-0.25, -0.2) is 15.8 Å². The standard InChI is InChI=1S/C10H12IN3O2/c1-16-8-7(11)4-5-13-9(8)14(12)10(15)6-2-3-6/h4-6H,2-3,12H2,1H3. The zero-order valence-corrected chi connectivity index (χ0v) is 11.0. The molecule has 0 saturated heterocycles. The summed E-state index contributed by atoms with van der Waals surface area (Å²) in [6.07, 6.45) is 3.44. The minimum atomic E-state index is -0.0900. The molecule has 1 aliphatic rings. The highest BCUT2D eigenvalue weighted by Crippen LogP contribution is 2.34. The predicted molar refractivity (Wildman–Crippen MR) is 67.9 cm³/mol. The van der Waals surface area contributed by atoms with E-state index in [2.05, 4.69) is 27.6 Å². The van der Waals surface area contributed by atoms with E-state index in [-0.39, 0.29) is 11.8 Å². The highest BCUT2D eigenvalue weighted by molar-refractivity contribution is 14.1. The molecule has 1 aliphatic carbocycles. The first-order valence-electron chi connectivity index (χ1n) is 4.92. The maximum atomic E-state index is 11.8. The molecule has 1 amide bonds. The average Bonchev–Trinajstić information content (AvgIpc) is 3.10. The summed E-state index contributed by atoms with van der Waals surface area (Å²) in [5, 5.41) is 1.10. The van der Waals surface area contributed by atoms with Crippen LogP contribution in [0.4, 0.5) is 5.82 Å². The third kappa shape index (κ3) is 2.12. The van der Waals surface area contributed by atoms with Gasteiger partial charge in [-0.3, -0.25) is 4.79 Å². The van der Waals surface area contributed by atoms with Crippen molar-refractivity contribution in [3.8, 4) is 5.75 Å². The maximum Gasteiger partial charge on any atom is 0.245 e. The smallest absolute Gasteiger partial charge is 0.245 e. The lowest BCUT2D eigenvalue weighted by molar-refractivity contribution is -0.119. The van der Waals surface area contributed by atoms with Crippen LogP contribution in [0.2, 0.25) is 0 Å². The minimum Gasteiger partial charge on any atom is -0.492 e. The summed E-state index contributed by atoms with van der Waals surface area (Å²) in [5.74, 6) is 6.66. The number of nitrogens with zero attached hydrogens (tertiary/aromatic N) is 2. The van der Waals surface area contributed by atoms with Crippen molar-refractivity contribution in [2.24, 2.45) is 11.8 Å². The van der Waals surface area contributed by atoms with Crippen molar-refractivity contribution in [1.29, 1.82) is 0 Å². The molecule has 0 aromatic carbocycles. The fraction of sp³-hybridized carbons (Fsp3) is 0.400. The Morgan fingerprint density at radius 3 is 2.94 bits per heavy atom. The minimum absolute atomic E-state index is 0.0642. The third-order valence-electron chi connectivity index (χ3n) is 2.43. The molecule has 5 nitrogen and oxygen atoms in total. The summed E-state index contributed by atoms with van der Waals surface area (Å²) >= 11 is 2.12. The number of methoxy groups -OCH3 is 1. The van der Waals surface area contributed by atoms with Gasteiger partial charge in [-0.15, -0.1) is 0 Å². The van der Waals surface area contributed by atoms with E-state index in [0.717, 1.165) is 21.4 Å². The lowest BCUT2D eigenvalue weighted by atomic mass is 10.3. The van der Waals surface area contributed by atoms with Crippen LogP contribution >= 0.6 is 22.6 Å². The lowest BCUT2D eigenvalue weighted by Gasteiger charge is -2.18. The van der Waals surface area contributed by atoms with Crippen LogP contribution in [-0.2, 0) is 4.79 Å². The summed E-state index contributed by atoms with van der Waals surface area (Å²) in [4.78, 5) is 15.9. The first-order valence-corrected chi connectivity index (χ1v) is 6.00. The molecule has 1 saturated carbocycles. The van der Waals surface area contributed by atoms with Crippen LogP contribution in [0.5, 0.6) is 5.75 Å². The Bertz CT molecular complexity index is 421. The molecule has 0 bridgehead atoms. The quantitative estimate of drug-likeness (QED) is 0.392. The van der Waals surface area contributed by atoms with Gasteiger partial charge in [0.15, 0.2) is 11.6 Å². The zero-order chi connectivity index (χ0) is 11.7. The Labute approximate surface area is 107 Å². The van der Waals surface area contributed by atoms with Crippen molar-refractivity contribution in [2.75, 3.05) is 12.1 Å². The number of rotatable bonds is 3. The Morgan fingerprint density at radius 2 is 2.38 bits per heavy atom. The van der Waals surface area contributed by atoms with Crippen molar-refractivity contribution in [2.45, 2.75) is 12.8 Å². The Kier molecular flexibility index (Phi) is 3.29. The summed E-state index contributed by atoms with van der Waals surface area (Å²) in [6, 6.07) is 1.80. The molecular weight excluding hydrogens is 321 g/mol. The fourth-order valence-corrected chi connectivity index (χ4v) is 2.03. The SMILES string of the molecule is COc1c(I)ccnc1N(N)C(=O)C1CC1. The van der Waals surface area contributed by atoms with E-state index in [9.17, 15) is 4.79 Å². The third-order valence-corrected chi connectivity index (χ3v) is 3.28. The number of aromatic nitrogens is 1. The second-order valence-electron chi connectivity index (χ2n) is 3.63. The number of hydrogen-bond donors (Lipinski definition) is 1. The van der Waals surface area contributed by atoms with E-state index in [1.54, 1.807) is 12.3 Å². The van der Waals surface area contributed by atoms with Crippen LogP contribution < -0.4 is 15.6 Å². The van der Waals surface area contributed by atoms with Gasteiger partial charge in [-0.1, -0.05) is 0 Å².